The maximum absolute atomic E-state index is 5.83. The Kier molecular flexibility index (Phi) is 2.05. The molecule has 2 unspecified atom stereocenters. The number of hydrogen-bond donors (Lipinski definition) is 1. The fourth-order valence-electron chi connectivity index (χ4n) is 2.11. The van der Waals surface area contributed by atoms with Crippen LogP contribution in [0.1, 0.15) is 0 Å². The maximum atomic E-state index is 5.83. The number of terminal acetylenes is 1. The van der Waals surface area contributed by atoms with Gasteiger partial charge in [0.05, 0.1) is 6.04 Å². The number of hydrogen-bond acceptors (Lipinski definition) is 3. The molecule has 3 heteroatoms. The monoisotopic (exact) mass is 165 g/mol. The van der Waals surface area contributed by atoms with Crippen molar-refractivity contribution in [3.63, 3.8) is 0 Å². The second-order valence-electron chi connectivity index (χ2n) is 3.60. The quantitative estimate of drug-likeness (QED) is 0.503. The predicted molar refractivity (Wildman–Crippen MR) is 48.6 cm³/mol. The number of rotatable bonds is 1. The summed E-state index contributed by atoms with van der Waals surface area (Å²) < 4.78 is 0. The molecule has 0 spiro atoms. The first-order valence-electron chi connectivity index (χ1n) is 4.49. The summed E-state index contributed by atoms with van der Waals surface area (Å²) in [6, 6.07) is 0.311. The molecule has 2 atom stereocenters. The van der Waals surface area contributed by atoms with Gasteiger partial charge < -0.3 is 5.73 Å². The second-order valence-corrected chi connectivity index (χ2v) is 3.60. The van der Waals surface area contributed by atoms with Crippen molar-refractivity contribution in [2.45, 2.75) is 12.1 Å². The van der Waals surface area contributed by atoms with E-state index in [0.29, 0.717) is 6.04 Å². The van der Waals surface area contributed by atoms with Gasteiger partial charge >= 0.3 is 0 Å². The van der Waals surface area contributed by atoms with Crippen molar-refractivity contribution in [3.05, 3.63) is 0 Å². The molecule has 3 nitrogen and oxygen atoms in total. The van der Waals surface area contributed by atoms with Crippen LogP contribution in [0.2, 0.25) is 0 Å². The van der Waals surface area contributed by atoms with Crippen LogP contribution in [0.5, 0.6) is 0 Å². The van der Waals surface area contributed by atoms with Gasteiger partial charge in [-0.1, -0.05) is 5.92 Å². The molecule has 0 saturated carbocycles. The third kappa shape index (κ3) is 1.22. The van der Waals surface area contributed by atoms with Gasteiger partial charge in [-0.05, 0) is 0 Å². The summed E-state index contributed by atoms with van der Waals surface area (Å²) in [6.45, 7) is 5.72. The summed E-state index contributed by atoms with van der Waals surface area (Å²) in [5.41, 5.74) is 5.83. The van der Waals surface area contributed by atoms with Gasteiger partial charge in [-0.25, -0.2) is 0 Å². The first-order chi connectivity index (χ1) is 5.81. The zero-order chi connectivity index (χ0) is 8.55. The largest absolute Gasteiger partial charge is 0.316 e. The van der Waals surface area contributed by atoms with Crippen molar-refractivity contribution in [3.8, 4) is 12.3 Å². The Morgan fingerprint density at radius 3 is 2.42 bits per heavy atom. The summed E-state index contributed by atoms with van der Waals surface area (Å²) in [5.74, 6) is 2.63. The highest BCUT2D eigenvalue weighted by atomic mass is 15.3. The molecule has 2 bridgehead atoms. The van der Waals surface area contributed by atoms with Gasteiger partial charge in [0, 0.05) is 38.8 Å². The van der Waals surface area contributed by atoms with Crippen LogP contribution < -0.4 is 5.73 Å². The maximum Gasteiger partial charge on any atom is 0.0832 e. The van der Waals surface area contributed by atoms with Crippen LogP contribution in [-0.4, -0.2) is 54.6 Å². The third-order valence-corrected chi connectivity index (χ3v) is 2.93. The van der Waals surface area contributed by atoms with E-state index in [0.717, 1.165) is 19.6 Å². The molecule has 66 valence electrons. The Morgan fingerprint density at radius 1 is 1.33 bits per heavy atom. The number of piperazine rings is 3. The minimum absolute atomic E-state index is 0.0897. The number of nitrogens with zero attached hydrogens (tertiary/aromatic N) is 2. The van der Waals surface area contributed by atoms with Crippen LogP contribution in [0.3, 0.4) is 0 Å². The lowest BCUT2D eigenvalue weighted by Gasteiger charge is -2.48. The van der Waals surface area contributed by atoms with Crippen molar-refractivity contribution in [2.75, 3.05) is 32.7 Å². The Morgan fingerprint density at radius 2 is 2.00 bits per heavy atom. The molecule has 12 heavy (non-hydrogen) atoms. The molecular formula is C9H15N3. The van der Waals surface area contributed by atoms with E-state index in [4.69, 9.17) is 12.2 Å². The molecule has 3 aliphatic rings. The Hall–Kier alpha value is -0.560. The van der Waals surface area contributed by atoms with E-state index in [1.165, 1.54) is 13.1 Å². The zero-order valence-electron chi connectivity index (χ0n) is 7.24. The van der Waals surface area contributed by atoms with E-state index < -0.39 is 0 Å². The molecule has 3 saturated heterocycles. The molecule has 3 fully saturated rings. The van der Waals surface area contributed by atoms with Crippen molar-refractivity contribution >= 4 is 0 Å². The SMILES string of the molecule is C#CC(N)C1CN2CCN1CC2. The summed E-state index contributed by atoms with van der Waals surface area (Å²) in [7, 11) is 0. The van der Waals surface area contributed by atoms with Crippen LogP contribution in [0.15, 0.2) is 0 Å². The highest BCUT2D eigenvalue weighted by Crippen LogP contribution is 2.16. The summed E-state index contributed by atoms with van der Waals surface area (Å²) in [6.07, 6.45) is 5.31. The highest BCUT2D eigenvalue weighted by molar-refractivity contribution is 5.07. The normalized spacial score (nSPS) is 42.2. The van der Waals surface area contributed by atoms with Gasteiger partial charge in [0.2, 0.25) is 0 Å². The zero-order valence-corrected chi connectivity index (χ0v) is 7.24. The van der Waals surface area contributed by atoms with Crippen molar-refractivity contribution < 1.29 is 0 Å². The lowest BCUT2D eigenvalue weighted by atomic mass is 10.0. The van der Waals surface area contributed by atoms with E-state index in [1.54, 1.807) is 0 Å². The Bertz CT molecular complexity index is 200. The molecule has 3 aliphatic heterocycles. The van der Waals surface area contributed by atoms with E-state index in [1.807, 2.05) is 0 Å². The van der Waals surface area contributed by atoms with E-state index in [2.05, 4.69) is 15.7 Å². The van der Waals surface area contributed by atoms with Crippen molar-refractivity contribution in [1.82, 2.24) is 9.80 Å². The average Bonchev–Trinajstić information content (AvgIpc) is 2.18. The number of nitrogens with two attached hydrogens (primary N) is 1. The predicted octanol–water partition coefficient (Wildman–Crippen LogP) is -1.05. The molecule has 0 amide bonds. The molecule has 0 aromatic heterocycles. The lowest BCUT2D eigenvalue weighted by Crippen LogP contribution is -2.65. The molecular weight excluding hydrogens is 150 g/mol. The molecule has 0 radical (unpaired) electrons. The molecule has 0 aromatic rings. The van der Waals surface area contributed by atoms with Crippen LogP contribution in [0.25, 0.3) is 0 Å². The minimum atomic E-state index is -0.0897. The van der Waals surface area contributed by atoms with Crippen molar-refractivity contribution in [1.29, 1.82) is 0 Å². The van der Waals surface area contributed by atoms with Crippen molar-refractivity contribution in [2.24, 2.45) is 5.73 Å². The van der Waals surface area contributed by atoms with Crippen LogP contribution in [-0.2, 0) is 0 Å². The van der Waals surface area contributed by atoms with E-state index in [9.17, 15) is 0 Å². The smallest absolute Gasteiger partial charge is 0.0832 e. The van der Waals surface area contributed by atoms with Crippen LogP contribution in [0.4, 0.5) is 0 Å². The summed E-state index contributed by atoms with van der Waals surface area (Å²) in [5, 5.41) is 0. The van der Waals surface area contributed by atoms with Gasteiger partial charge in [-0.15, -0.1) is 6.42 Å². The second kappa shape index (κ2) is 3.06. The topological polar surface area (TPSA) is 32.5 Å². The standard InChI is InChI=1S/C9H15N3/c1-2-8(10)9-7-11-3-5-12(9)6-4-11/h1,8-9H,3-7,10H2. The van der Waals surface area contributed by atoms with E-state index in [-0.39, 0.29) is 6.04 Å². The fourth-order valence-corrected chi connectivity index (χ4v) is 2.11. The first kappa shape index (κ1) is 8.06. The molecule has 3 heterocycles. The van der Waals surface area contributed by atoms with Crippen LogP contribution in [0, 0.1) is 12.3 Å². The average molecular weight is 165 g/mol. The molecule has 2 N–H and O–H groups in total. The molecule has 3 rings (SSSR count). The third-order valence-electron chi connectivity index (χ3n) is 2.93. The first-order valence-corrected chi connectivity index (χ1v) is 4.49. The van der Waals surface area contributed by atoms with E-state index >= 15 is 0 Å². The summed E-state index contributed by atoms with van der Waals surface area (Å²) in [4.78, 5) is 4.87. The van der Waals surface area contributed by atoms with Gasteiger partial charge in [-0.2, -0.15) is 0 Å². The highest BCUT2D eigenvalue weighted by Gasteiger charge is 2.34. The fraction of sp³-hybridized carbons (Fsp3) is 0.778. The minimum Gasteiger partial charge on any atom is -0.316 e. The van der Waals surface area contributed by atoms with Gasteiger partial charge in [0.25, 0.3) is 0 Å². The Balaban J connectivity index is 2.05. The van der Waals surface area contributed by atoms with Crippen LogP contribution >= 0.6 is 0 Å². The lowest BCUT2D eigenvalue weighted by molar-refractivity contribution is 0.00956. The molecule has 0 aliphatic carbocycles. The number of fused-ring (bicyclic) bond motifs is 3. The Labute approximate surface area is 73.5 Å². The molecule has 0 aromatic carbocycles. The summed E-state index contributed by atoms with van der Waals surface area (Å²) >= 11 is 0. The van der Waals surface area contributed by atoms with Gasteiger partial charge in [0.15, 0.2) is 0 Å². The van der Waals surface area contributed by atoms with Gasteiger partial charge in [0.1, 0.15) is 0 Å². The van der Waals surface area contributed by atoms with Gasteiger partial charge in [-0.3, -0.25) is 9.80 Å².